The van der Waals surface area contributed by atoms with Gasteiger partial charge >= 0.3 is 6.18 Å². The number of rotatable bonds is 4. The minimum atomic E-state index is -4.35. The number of aromatic nitrogens is 2. The number of hydrogen-bond acceptors (Lipinski definition) is 3. The Morgan fingerprint density at radius 1 is 1.18 bits per heavy atom. The fourth-order valence-corrected chi connectivity index (χ4v) is 3.44. The van der Waals surface area contributed by atoms with Crippen molar-refractivity contribution in [2.75, 3.05) is 26.2 Å². The third kappa shape index (κ3) is 4.50. The summed E-state index contributed by atoms with van der Waals surface area (Å²) < 4.78 is 40.1. The first-order chi connectivity index (χ1) is 13.1. The molecule has 2 heterocycles. The third-order valence-electron chi connectivity index (χ3n) is 4.97. The standard InChI is InChI=1S/C19H22ClF3N4O/c1-18(2,27-13-16(20)11-24-27)17(28)26-8-6-25(7-9-26)12-14-4-3-5-15(10-14)19(21,22)23/h3-5,10-11,13H,6-9,12H2,1-2H3. The average Bonchev–Trinajstić information content (AvgIpc) is 3.08. The van der Waals surface area contributed by atoms with Crippen LogP contribution in [0.3, 0.4) is 0 Å². The summed E-state index contributed by atoms with van der Waals surface area (Å²) in [5, 5.41) is 4.60. The van der Waals surface area contributed by atoms with Gasteiger partial charge in [-0.1, -0.05) is 29.8 Å². The van der Waals surface area contributed by atoms with Crippen molar-refractivity contribution in [1.82, 2.24) is 19.6 Å². The van der Waals surface area contributed by atoms with Crippen LogP contribution >= 0.6 is 11.6 Å². The summed E-state index contributed by atoms with van der Waals surface area (Å²) in [4.78, 5) is 16.7. The molecule has 1 amide bonds. The van der Waals surface area contributed by atoms with Gasteiger partial charge in [0.2, 0.25) is 5.91 Å². The molecule has 28 heavy (non-hydrogen) atoms. The van der Waals surface area contributed by atoms with E-state index in [9.17, 15) is 18.0 Å². The van der Waals surface area contributed by atoms with E-state index in [0.717, 1.165) is 6.07 Å². The number of hydrogen-bond donors (Lipinski definition) is 0. The van der Waals surface area contributed by atoms with E-state index in [1.807, 2.05) is 0 Å². The number of carbonyl (C=O) groups is 1. The maximum Gasteiger partial charge on any atom is 0.416 e. The highest BCUT2D eigenvalue weighted by Gasteiger charge is 2.36. The van der Waals surface area contributed by atoms with Crippen LogP contribution in [0.4, 0.5) is 13.2 Å². The van der Waals surface area contributed by atoms with Gasteiger partial charge in [0.15, 0.2) is 0 Å². The highest BCUT2D eigenvalue weighted by atomic mass is 35.5. The zero-order chi connectivity index (χ0) is 20.5. The normalized spacial score (nSPS) is 16.4. The molecular weight excluding hydrogens is 393 g/mol. The van der Waals surface area contributed by atoms with Crippen LogP contribution in [-0.4, -0.2) is 51.7 Å². The zero-order valence-electron chi connectivity index (χ0n) is 15.7. The van der Waals surface area contributed by atoms with Crippen LogP contribution in [0, 0.1) is 0 Å². The lowest BCUT2D eigenvalue weighted by atomic mass is 10.0. The van der Waals surface area contributed by atoms with E-state index in [1.165, 1.54) is 18.3 Å². The summed E-state index contributed by atoms with van der Waals surface area (Å²) in [6, 6.07) is 5.37. The highest BCUT2D eigenvalue weighted by Crippen LogP contribution is 2.30. The molecule has 2 aromatic rings. The molecule has 1 aliphatic rings. The molecule has 1 aromatic carbocycles. The minimum absolute atomic E-state index is 0.0639. The van der Waals surface area contributed by atoms with E-state index in [0.29, 0.717) is 43.3 Å². The third-order valence-corrected chi connectivity index (χ3v) is 5.16. The fourth-order valence-electron chi connectivity index (χ4n) is 3.30. The molecular formula is C19H22ClF3N4O. The SMILES string of the molecule is CC(C)(C(=O)N1CCN(Cc2cccc(C(F)(F)F)c2)CC1)n1cc(Cl)cn1. The molecule has 1 aliphatic heterocycles. The Labute approximate surface area is 166 Å². The van der Waals surface area contributed by atoms with Gasteiger partial charge in [-0.05, 0) is 25.5 Å². The van der Waals surface area contributed by atoms with E-state index in [2.05, 4.69) is 10.00 Å². The smallest absolute Gasteiger partial charge is 0.338 e. The molecule has 3 rings (SSSR count). The molecule has 0 radical (unpaired) electrons. The molecule has 0 atom stereocenters. The first kappa shape index (κ1) is 20.7. The zero-order valence-corrected chi connectivity index (χ0v) is 16.5. The van der Waals surface area contributed by atoms with Crippen molar-refractivity contribution in [3.63, 3.8) is 0 Å². The number of benzene rings is 1. The van der Waals surface area contributed by atoms with Gasteiger partial charge in [-0.3, -0.25) is 14.4 Å². The first-order valence-electron chi connectivity index (χ1n) is 8.96. The largest absolute Gasteiger partial charge is 0.416 e. The predicted octanol–water partition coefficient (Wildman–Crippen LogP) is 3.63. The summed E-state index contributed by atoms with van der Waals surface area (Å²) in [6.45, 7) is 6.20. The van der Waals surface area contributed by atoms with Gasteiger partial charge in [0.1, 0.15) is 5.54 Å². The number of alkyl halides is 3. The topological polar surface area (TPSA) is 41.4 Å². The van der Waals surface area contributed by atoms with Crippen LogP contribution < -0.4 is 0 Å². The van der Waals surface area contributed by atoms with Crippen molar-refractivity contribution >= 4 is 17.5 Å². The maximum atomic E-state index is 12.9. The Kier molecular flexibility index (Phi) is 5.72. The number of piperazine rings is 1. The maximum absolute atomic E-state index is 12.9. The van der Waals surface area contributed by atoms with E-state index in [4.69, 9.17) is 11.6 Å². The average molecular weight is 415 g/mol. The Bertz CT molecular complexity index is 842. The molecule has 0 N–H and O–H groups in total. The molecule has 1 saturated heterocycles. The van der Waals surface area contributed by atoms with Gasteiger partial charge in [0, 0.05) is 38.9 Å². The molecule has 0 spiro atoms. The molecule has 0 bridgehead atoms. The van der Waals surface area contributed by atoms with Crippen LogP contribution in [0.5, 0.6) is 0 Å². The van der Waals surface area contributed by atoms with Gasteiger partial charge in [0.05, 0.1) is 16.8 Å². The van der Waals surface area contributed by atoms with E-state index in [1.54, 1.807) is 35.7 Å². The molecule has 0 aliphatic carbocycles. The molecule has 0 saturated carbocycles. The molecule has 0 unspecified atom stereocenters. The van der Waals surface area contributed by atoms with Crippen molar-refractivity contribution in [2.45, 2.75) is 32.1 Å². The summed E-state index contributed by atoms with van der Waals surface area (Å²) >= 11 is 5.91. The summed E-state index contributed by atoms with van der Waals surface area (Å²) in [7, 11) is 0. The van der Waals surface area contributed by atoms with Crippen molar-refractivity contribution in [2.24, 2.45) is 0 Å². The number of nitrogens with zero attached hydrogens (tertiary/aromatic N) is 4. The Hall–Kier alpha value is -2.06. The molecule has 9 heteroatoms. The summed E-state index contributed by atoms with van der Waals surface area (Å²) in [5.41, 5.74) is -0.893. The number of halogens is 4. The second-order valence-electron chi connectivity index (χ2n) is 7.43. The monoisotopic (exact) mass is 414 g/mol. The van der Waals surface area contributed by atoms with Crippen molar-refractivity contribution in [3.05, 3.63) is 52.8 Å². The van der Waals surface area contributed by atoms with Crippen LogP contribution in [0.25, 0.3) is 0 Å². The summed E-state index contributed by atoms with van der Waals surface area (Å²) in [6.07, 6.45) is -1.24. The van der Waals surface area contributed by atoms with Crippen molar-refractivity contribution in [3.8, 4) is 0 Å². The van der Waals surface area contributed by atoms with Gasteiger partial charge in [0.25, 0.3) is 0 Å². The second kappa shape index (κ2) is 7.75. The fraction of sp³-hybridized carbons (Fsp3) is 0.474. The summed E-state index contributed by atoms with van der Waals surface area (Å²) in [5.74, 6) is -0.0639. The van der Waals surface area contributed by atoms with E-state index < -0.39 is 17.3 Å². The van der Waals surface area contributed by atoms with Crippen LogP contribution in [0.1, 0.15) is 25.0 Å². The van der Waals surface area contributed by atoms with Gasteiger partial charge in [-0.2, -0.15) is 18.3 Å². The van der Waals surface area contributed by atoms with Gasteiger partial charge in [-0.15, -0.1) is 0 Å². The van der Waals surface area contributed by atoms with Gasteiger partial charge in [-0.25, -0.2) is 0 Å². The number of carbonyl (C=O) groups excluding carboxylic acids is 1. The molecule has 1 aromatic heterocycles. The Morgan fingerprint density at radius 3 is 2.43 bits per heavy atom. The molecule has 152 valence electrons. The van der Waals surface area contributed by atoms with E-state index in [-0.39, 0.29) is 5.91 Å². The Morgan fingerprint density at radius 2 is 1.86 bits per heavy atom. The first-order valence-corrected chi connectivity index (χ1v) is 9.34. The van der Waals surface area contributed by atoms with E-state index >= 15 is 0 Å². The molecule has 5 nitrogen and oxygen atoms in total. The lowest BCUT2D eigenvalue weighted by molar-refractivity contribution is -0.141. The Balaban J connectivity index is 1.59. The van der Waals surface area contributed by atoms with Gasteiger partial charge < -0.3 is 4.90 Å². The lowest BCUT2D eigenvalue weighted by Crippen LogP contribution is -2.54. The number of amides is 1. The predicted molar refractivity (Wildman–Crippen MR) is 99.9 cm³/mol. The highest BCUT2D eigenvalue weighted by molar-refractivity contribution is 6.30. The lowest BCUT2D eigenvalue weighted by Gasteiger charge is -2.38. The van der Waals surface area contributed by atoms with Crippen LogP contribution in [0.15, 0.2) is 36.7 Å². The molecule has 1 fully saturated rings. The second-order valence-corrected chi connectivity index (χ2v) is 7.87. The van der Waals surface area contributed by atoms with Crippen molar-refractivity contribution in [1.29, 1.82) is 0 Å². The van der Waals surface area contributed by atoms with Crippen LogP contribution in [0.2, 0.25) is 5.02 Å². The van der Waals surface area contributed by atoms with Crippen LogP contribution in [-0.2, 0) is 23.1 Å². The quantitative estimate of drug-likeness (QED) is 0.767. The minimum Gasteiger partial charge on any atom is -0.338 e. The van der Waals surface area contributed by atoms with Crippen molar-refractivity contribution < 1.29 is 18.0 Å².